The van der Waals surface area contributed by atoms with Gasteiger partial charge in [-0.05, 0) is 30.7 Å². The molecule has 3 nitrogen and oxygen atoms in total. The van der Waals surface area contributed by atoms with Crippen molar-refractivity contribution in [3.63, 3.8) is 0 Å². The van der Waals surface area contributed by atoms with Crippen LogP contribution >= 0.6 is 15.9 Å². The highest BCUT2D eigenvalue weighted by atomic mass is 79.9. The number of hydrogen-bond acceptors (Lipinski definition) is 3. The predicted molar refractivity (Wildman–Crippen MR) is 81.1 cm³/mol. The van der Waals surface area contributed by atoms with Gasteiger partial charge in [-0.1, -0.05) is 34.1 Å². The Bertz CT molecular complexity index is 540. The van der Waals surface area contributed by atoms with E-state index >= 15 is 0 Å². The van der Waals surface area contributed by atoms with Gasteiger partial charge in [0.2, 0.25) is 0 Å². The first kappa shape index (κ1) is 14.0. The van der Waals surface area contributed by atoms with Crippen LogP contribution in [-0.2, 0) is 6.54 Å². The van der Waals surface area contributed by atoms with Gasteiger partial charge in [-0.3, -0.25) is 4.98 Å². The number of halogens is 1. The molecule has 1 heterocycles. The first-order valence-corrected chi connectivity index (χ1v) is 6.96. The quantitative estimate of drug-likeness (QED) is 0.936. The smallest absolute Gasteiger partial charge is 0.0931 e. The summed E-state index contributed by atoms with van der Waals surface area (Å²) in [6.45, 7) is 2.52. The van der Waals surface area contributed by atoms with Gasteiger partial charge in [0.15, 0.2) is 0 Å². The van der Waals surface area contributed by atoms with Crippen LogP contribution in [0.3, 0.4) is 0 Å². The van der Waals surface area contributed by atoms with Gasteiger partial charge in [0.05, 0.1) is 23.7 Å². The maximum atomic E-state index is 9.44. The lowest BCUT2D eigenvalue weighted by atomic mass is 10.2. The van der Waals surface area contributed by atoms with Crippen molar-refractivity contribution in [3.05, 3.63) is 58.3 Å². The zero-order valence-corrected chi connectivity index (χ0v) is 12.6. The Hall–Kier alpha value is -1.39. The molecule has 0 spiro atoms. The summed E-state index contributed by atoms with van der Waals surface area (Å²) in [5.74, 6) is 0. The third-order valence-corrected chi connectivity index (χ3v) is 3.78. The number of nitrogens with zero attached hydrogens (tertiary/aromatic N) is 2. The van der Waals surface area contributed by atoms with E-state index < -0.39 is 6.10 Å². The fraction of sp³-hybridized carbons (Fsp3) is 0.267. The normalized spacial score (nSPS) is 12.2. The zero-order valence-electron chi connectivity index (χ0n) is 11.0. The molecule has 0 amide bonds. The first-order valence-electron chi connectivity index (χ1n) is 6.16. The van der Waals surface area contributed by atoms with E-state index in [0.717, 1.165) is 16.7 Å². The van der Waals surface area contributed by atoms with E-state index in [1.54, 1.807) is 13.1 Å². The molecule has 19 heavy (non-hydrogen) atoms. The molecule has 0 saturated carbocycles. The first-order chi connectivity index (χ1) is 9.08. The Kier molecular flexibility index (Phi) is 4.56. The van der Waals surface area contributed by atoms with E-state index in [-0.39, 0.29) is 0 Å². The lowest BCUT2D eigenvalue weighted by Crippen LogP contribution is -2.17. The van der Waals surface area contributed by atoms with Gasteiger partial charge in [0.25, 0.3) is 0 Å². The van der Waals surface area contributed by atoms with E-state index in [1.165, 1.54) is 5.56 Å². The second-order valence-electron chi connectivity index (χ2n) is 4.56. The fourth-order valence-corrected chi connectivity index (χ4v) is 2.25. The molecule has 2 aromatic rings. The van der Waals surface area contributed by atoms with E-state index in [1.807, 2.05) is 37.4 Å². The molecule has 0 fully saturated rings. The van der Waals surface area contributed by atoms with Gasteiger partial charge in [0.1, 0.15) is 0 Å². The van der Waals surface area contributed by atoms with Gasteiger partial charge in [-0.15, -0.1) is 0 Å². The lowest BCUT2D eigenvalue weighted by Gasteiger charge is -2.20. The van der Waals surface area contributed by atoms with Crippen molar-refractivity contribution >= 4 is 21.6 Å². The second-order valence-corrected chi connectivity index (χ2v) is 5.42. The van der Waals surface area contributed by atoms with Crippen LogP contribution in [-0.4, -0.2) is 17.1 Å². The number of anilines is 1. The van der Waals surface area contributed by atoms with Crippen LogP contribution in [0.15, 0.2) is 47.1 Å². The Morgan fingerprint density at radius 2 is 2.00 bits per heavy atom. The molecule has 0 saturated heterocycles. The van der Waals surface area contributed by atoms with Crippen molar-refractivity contribution in [2.75, 3.05) is 11.9 Å². The van der Waals surface area contributed by atoms with Gasteiger partial charge >= 0.3 is 0 Å². The maximum absolute atomic E-state index is 9.44. The molecule has 2 rings (SSSR count). The van der Waals surface area contributed by atoms with Crippen molar-refractivity contribution < 1.29 is 5.11 Å². The number of aliphatic hydroxyl groups excluding tert-OH is 1. The summed E-state index contributed by atoms with van der Waals surface area (Å²) in [6, 6.07) is 12.0. The molecule has 1 atom stereocenters. The fourth-order valence-electron chi connectivity index (χ4n) is 1.84. The van der Waals surface area contributed by atoms with Gasteiger partial charge in [-0.25, -0.2) is 0 Å². The van der Waals surface area contributed by atoms with E-state index in [2.05, 4.69) is 31.9 Å². The molecule has 1 aromatic carbocycles. The molecule has 1 aromatic heterocycles. The number of aromatic nitrogens is 1. The summed E-state index contributed by atoms with van der Waals surface area (Å²) >= 11 is 3.55. The highest BCUT2D eigenvalue weighted by Crippen LogP contribution is 2.21. The van der Waals surface area contributed by atoms with Crippen molar-refractivity contribution in [2.24, 2.45) is 0 Å². The standard InChI is InChI=1S/C15H17BrN2O/c1-11(19)15-8-7-13(9-17-15)18(2)10-12-5-3-4-6-14(12)16/h3-9,11,19H,10H2,1-2H3. The molecule has 1 unspecified atom stereocenters. The van der Waals surface area contributed by atoms with Gasteiger partial charge in [0, 0.05) is 18.1 Å². The number of pyridine rings is 1. The summed E-state index contributed by atoms with van der Waals surface area (Å²) in [7, 11) is 2.03. The number of rotatable bonds is 4. The van der Waals surface area contributed by atoms with Crippen LogP contribution in [0.25, 0.3) is 0 Å². The van der Waals surface area contributed by atoms with Crippen LogP contribution in [0, 0.1) is 0 Å². The van der Waals surface area contributed by atoms with Crippen molar-refractivity contribution in [1.29, 1.82) is 0 Å². The second kappa shape index (κ2) is 6.17. The van der Waals surface area contributed by atoms with Crippen molar-refractivity contribution in [1.82, 2.24) is 4.98 Å². The topological polar surface area (TPSA) is 36.4 Å². The molecule has 4 heteroatoms. The molecule has 100 valence electrons. The average molecular weight is 321 g/mol. The number of aliphatic hydroxyl groups is 1. The predicted octanol–water partition coefficient (Wildman–Crippen LogP) is 3.53. The Labute approximate surface area is 122 Å². The van der Waals surface area contributed by atoms with Crippen LogP contribution in [0.1, 0.15) is 24.3 Å². The Morgan fingerprint density at radius 1 is 1.26 bits per heavy atom. The monoisotopic (exact) mass is 320 g/mol. The molecular formula is C15H17BrN2O. The summed E-state index contributed by atoms with van der Waals surface area (Å²) in [5, 5.41) is 9.44. The number of hydrogen-bond donors (Lipinski definition) is 1. The Balaban J connectivity index is 2.12. The molecule has 0 radical (unpaired) electrons. The zero-order chi connectivity index (χ0) is 13.8. The summed E-state index contributed by atoms with van der Waals surface area (Å²) in [4.78, 5) is 6.38. The average Bonchev–Trinajstić information content (AvgIpc) is 2.41. The SMILES string of the molecule is CC(O)c1ccc(N(C)Cc2ccccc2Br)cn1. The third-order valence-electron chi connectivity index (χ3n) is 3.00. The van der Waals surface area contributed by atoms with Crippen LogP contribution in [0.2, 0.25) is 0 Å². The largest absolute Gasteiger partial charge is 0.387 e. The molecule has 0 aliphatic heterocycles. The highest BCUT2D eigenvalue weighted by molar-refractivity contribution is 9.10. The number of benzene rings is 1. The minimum atomic E-state index is -0.525. The summed E-state index contributed by atoms with van der Waals surface area (Å²) in [5.41, 5.74) is 2.95. The minimum Gasteiger partial charge on any atom is -0.387 e. The molecule has 0 aliphatic rings. The van der Waals surface area contributed by atoms with Gasteiger partial charge in [-0.2, -0.15) is 0 Å². The third kappa shape index (κ3) is 3.55. The lowest BCUT2D eigenvalue weighted by molar-refractivity contribution is 0.194. The van der Waals surface area contributed by atoms with Crippen molar-refractivity contribution in [3.8, 4) is 0 Å². The van der Waals surface area contributed by atoms with Gasteiger partial charge < -0.3 is 10.0 Å². The minimum absolute atomic E-state index is 0.525. The Morgan fingerprint density at radius 3 is 2.58 bits per heavy atom. The van der Waals surface area contributed by atoms with E-state index in [9.17, 15) is 5.11 Å². The highest BCUT2D eigenvalue weighted by Gasteiger charge is 2.07. The molecular weight excluding hydrogens is 304 g/mol. The van der Waals surface area contributed by atoms with Crippen molar-refractivity contribution in [2.45, 2.75) is 19.6 Å². The van der Waals surface area contributed by atoms with E-state index in [0.29, 0.717) is 5.69 Å². The summed E-state index contributed by atoms with van der Waals surface area (Å²) in [6.07, 6.45) is 1.27. The van der Waals surface area contributed by atoms with E-state index in [4.69, 9.17) is 0 Å². The summed E-state index contributed by atoms with van der Waals surface area (Å²) < 4.78 is 1.11. The molecule has 1 N–H and O–H groups in total. The van der Waals surface area contributed by atoms with Crippen LogP contribution < -0.4 is 4.90 Å². The maximum Gasteiger partial charge on any atom is 0.0931 e. The molecule has 0 aliphatic carbocycles. The van der Waals surface area contributed by atoms with Crippen LogP contribution in [0.4, 0.5) is 5.69 Å². The van der Waals surface area contributed by atoms with Crippen LogP contribution in [0.5, 0.6) is 0 Å². The molecule has 0 bridgehead atoms.